The number of hydrogen-bond acceptors (Lipinski definition) is 6. The highest BCUT2D eigenvalue weighted by Crippen LogP contribution is 2.24. The topological polar surface area (TPSA) is 121 Å². The van der Waals surface area contributed by atoms with Crippen LogP contribution in [0, 0.1) is 0 Å². The van der Waals surface area contributed by atoms with Gasteiger partial charge in [0.25, 0.3) is 0 Å². The van der Waals surface area contributed by atoms with Gasteiger partial charge in [-0.2, -0.15) is 0 Å². The van der Waals surface area contributed by atoms with Gasteiger partial charge in [0.2, 0.25) is 26.0 Å². The fourth-order valence-corrected chi connectivity index (χ4v) is 5.51. The predicted octanol–water partition coefficient (Wildman–Crippen LogP) is 3.87. The number of nitrogens with one attached hydrogen (secondary N) is 1. The Morgan fingerprint density at radius 3 is 1.92 bits per heavy atom. The summed E-state index contributed by atoms with van der Waals surface area (Å²) >= 11 is 0. The van der Waals surface area contributed by atoms with Gasteiger partial charge in [-0.15, -0.1) is 0 Å². The second-order valence-corrected chi connectivity index (χ2v) is 14.4. The molecule has 0 saturated carbocycles. The van der Waals surface area contributed by atoms with Crippen molar-refractivity contribution >= 4 is 43.1 Å². The van der Waals surface area contributed by atoms with Gasteiger partial charge in [-0.3, -0.25) is 13.9 Å². The molecule has 39 heavy (non-hydrogen) atoms. The Morgan fingerprint density at radius 2 is 1.41 bits per heavy atom. The average molecular weight is 572 g/mol. The van der Waals surface area contributed by atoms with Gasteiger partial charge in [-0.05, 0) is 47.4 Å². The highest BCUT2D eigenvalue weighted by Gasteiger charge is 2.23. The predicted molar refractivity (Wildman–Crippen MR) is 153 cm³/mol. The summed E-state index contributed by atoms with van der Waals surface area (Å²) in [6.07, 6.45) is 0.953. The number of sulfonamides is 2. The number of carbonyl (C=O) groups is 2. The second kappa shape index (κ2) is 11.3. The van der Waals surface area contributed by atoms with E-state index in [9.17, 15) is 26.4 Å². The molecular weight excluding hydrogens is 538 g/mol. The van der Waals surface area contributed by atoms with E-state index in [4.69, 9.17) is 0 Å². The third-order valence-electron chi connectivity index (χ3n) is 6.01. The lowest BCUT2D eigenvalue weighted by molar-refractivity contribution is -0.114. The van der Waals surface area contributed by atoms with Crippen LogP contribution in [0.15, 0.2) is 77.7 Å². The van der Waals surface area contributed by atoms with Gasteiger partial charge in [0.1, 0.15) is 6.54 Å². The first-order valence-electron chi connectivity index (χ1n) is 12.1. The van der Waals surface area contributed by atoms with Crippen LogP contribution in [-0.2, 0) is 30.3 Å². The summed E-state index contributed by atoms with van der Waals surface area (Å²) in [5.41, 5.74) is 2.40. The summed E-state index contributed by atoms with van der Waals surface area (Å²) in [4.78, 5) is 25.9. The molecule has 9 nitrogen and oxygen atoms in total. The molecule has 3 aromatic rings. The van der Waals surface area contributed by atoms with Crippen molar-refractivity contribution in [2.45, 2.75) is 31.1 Å². The quantitative estimate of drug-likeness (QED) is 0.389. The van der Waals surface area contributed by atoms with Crippen molar-refractivity contribution in [3.63, 3.8) is 0 Å². The molecule has 208 valence electrons. The monoisotopic (exact) mass is 571 g/mol. The number of anilines is 2. The Hall–Kier alpha value is -3.54. The van der Waals surface area contributed by atoms with E-state index in [1.165, 1.54) is 44.4 Å². The van der Waals surface area contributed by atoms with E-state index in [1.807, 2.05) is 12.1 Å². The number of carbonyl (C=O) groups excluding carboxylic acids is 2. The standard InChI is InChI=1S/C28H33N3O6S2/c1-28(2,3)22-12-10-20(11-13-22)27(33)21-8-7-9-23(18-21)29-26(32)19-31(38(6,34)35)24-14-16-25(17-15-24)39(36,37)30(4)5/h7-18H,19H2,1-6H3,(H,29,32). The minimum Gasteiger partial charge on any atom is -0.324 e. The molecule has 0 aliphatic heterocycles. The van der Waals surface area contributed by atoms with Crippen molar-refractivity contribution in [3.8, 4) is 0 Å². The van der Waals surface area contributed by atoms with E-state index in [-0.39, 0.29) is 21.8 Å². The van der Waals surface area contributed by atoms with Crippen LogP contribution in [0.25, 0.3) is 0 Å². The van der Waals surface area contributed by atoms with Gasteiger partial charge in [-0.1, -0.05) is 57.2 Å². The molecule has 0 aliphatic rings. The average Bonchev–Trinajstić information content (AvgIpc) is 2.86. The SMILES string of the molecule is CN(C)S(=O)(=O)c1ccc(N(CC(=O)Nc2cccc(C(=O)c3ccc(C(C)(C)C)cc3)c2)S(C)(=O)=O)cc1. The van der Waals surface area contributed by atoms with Crippen molar-refractivity contribution in [1.29, 1.82) is 0 Å². The molecule has 0 bridgehead atoms. The number of ketones is 1. The van der Waals surface area contributed by atoms with E-state index in [0.29, 0.717) is 16.8 Å². The zero-order chi connectivity index (χ0) is 29.2. The van der Waals surface area contributed by atoms with Gasteiger partial charge in [0.15, 0.2) is 5.78 Å². The largest absolute Gasteiger partial charge is 0.324 e. The normalized spacial score (nSPS) is 12.3. The minimum absolute atomic E-state index is 0.0105. The highest BCUT2D eigenvalue weighted by atomic mass is 32.2. The molecule has 0 aromatic heterocycles. The number of rotatable bonds is 9. The third kappa shape index (κ3) is 7.31. The molecule has 0 fully saturated rings. The molecule has 1 amide bonds. The van der Waals surface area contributed by atoms with Crippen LogP contribution in [0.3, 0.4) is 0 Å². The van der Waals surface area contributed by atoms with Crippen LogP contribution in [-0.4, -0.2) is 59.7 Å². The molecular formula is C28H33N3O6S2. The van der Waals surface area contributed by atoms with E-state index >= 15 is 0 Å². The lowest BCUT2D eigenvalue weighted by Gasteiger charge is -2.22. The van der Waals surface area contributed by atoms with Crippen LogP contribution in [0.5, 0.6) is 0 Å². The van der Waals surface area contributed by atoms with Crippen LogP contribution in [0.4, 0.5) is 11.4 Å². The summed E-state index contributed by atoms with van der Waals surface area (Å²) in [5.74, 6) is -0.846. The summed E-state index contributed by atoms with van der Waals surface area (Å²) in [7, 11) is -4.80. The van der Waals surface area contributed by atoms with E-state index in [1.54, 1.807) is 30.3 Å². The molecule has 0 heterocycles. The molecule has 0 aliphatic carbocycles. The van der Waals surface area contributed by atoms with Crippen molar-refractivity contribution < 1.29 is 26.4 Å². The molecule has 1 N–H and O–H groups in total. The molecule has 11 heteroatoms. The molecule has 3 rings (SSSR count). The molecule has 3 aromatic carbocycles. The fraction of sp³-hybridized carbons (Fsp3) is 0.286. The van der Waals surface area contributed by atoms with E-state index in [0.717, 1.165) is 20.4 Å². The first-order chi connectivity index (χ1) is 18.0. The van der Waals surface area contributed by atoms with Crippen LogP contribution < -0.4 is 9.62 Å². The zero-order valence-corrected chi connectivity index (χ0v) is 24.4. The Morgan fingerprint density at radius 1 is 0.821 bits per heavy atom. The van der Waals surface area contributed by atoms with Crippen LogP contribution in [0.2, 0.25) is 0 Å². The Bertz CT molecular complexity index is 1570. The number of benzene rings is 3. The van der Waals surface area contributed by atoms with Gasteiger partial charge in [0.05, 0.1) is 16.8 Å². The van der Waals surface area contributed by atoms with Gasteiger partial charge < -0.3 is 5.32 Å². The summed E-state index contributed by atoms with van der Waals surface area (Å²) in [5, 5.41) is 2.64. The third-order valence-corrected chi connectivity index (χ3v) is 8.98. The summed E-state index contributed by atoms with van der Waals surface area (Å²) in [6.45, 7) is 5.72. The number of nitrogens with zero attached hydrogens (tertiary/aromatic N) is 2. The second-order valence-electron chi connectivity index (χ2n) is 10.3. The number of hydrogen-bond donors (Lipinski definition) is 1. The summed E-state index contributed by atoms with van der Waals surface area (Å²) < 4.78 is 51.5. The Labute approximate surface area is 230 Å². The molecule has 0 saturated heterocycles. The smallest absolute Gasteiger partial charge is 0.245 e. The molecule has 0 radical (unpaired) electrons. The molecule has 0 spiro atoms. The van der Waals surface area contributed by atoms with Gasteiger partial charge in [-0.25, -0.2) is 21.1 Å². The molecule has 0 atom stereocenters. The van der Waals surface area contributed by atoms with E-state index < -0.39 is 32.5 Å². The lowest BCUT2D eigenvalue weighted by atomic mass is 9.86. The zero-order valence-electron chi connectivity index (χ0n) is 22.8. The van der Waals surface area contributed by atoms with Crippen LogP contribution in [0.1, 0.15) is 42.3 Å². The Kier molecular flexibility index (Phi) is 8.69. The van der Waals surface area contributed by atoms with Gasteiger partial charge >= 0.3 is 0 Å². The maximum absolute atomic E-state index is 13.0. The Balaban J connectivity index is 1.78. The first kappa shape index (κ1) is 30.0. The van der Waals surface area contributed by atoms with Crippen molar-refractivity contribution in [3.05, 3.63) is 89.5 Å². The van der Waals surface area contributed by atoms with Crippen molar-refractivity contribution in [1.82, 2.24) is 4.31 Å². The van der Waals surface area contributed by atoms with E-state index in [2.05, 4.69) is 26.1 Å². The van der Waals surface area contributed by atoms with Gasteiger partial charge in [0, 0.05) is 30.9 Å². The summed E-state index contributed by atoms with van der Waals surface area (Å²) in [6, 6.07) is 19.0. The first-order valence-corrected chi connectivity index (χ1v) is 15.3. The molecule has 0 unspecified atom stereocenters. The maximum atomic E-state index is 13.0. The number of amides is 1. The van der Waals surface area contributed by atoms with Crippen LogP contribution >= 0.6 is 0 Å². The highest BCUT2D eigenvalue weighted by molar-refractivity contribution is 7.92. The minimum atomic E-state index is -3.88. The lowest BCUT2D eigenvalue weighted by Crippen LogP contribution is -2.37. The fourth-order valence-electron chi connectivity index (χ4n) is 3.75. The van der Waals surface area contributed by atoms with Crippen molar-refractivity contribution in [2.24, 2.45) is 0 Å². The maximum Gasteiger partial charge on any atom is 0.245 e. The van der Waals surface area contributed by atoms with Crippen molar-refractivity contribution in [2.75, 3.05) is 36.5 Å².